The average molecular weight is 318 g/mol. The van der Waals surface area contributed by atoms with Gasteiger partial charge < -0.3 is 4.74 Å². The van der Waals surface area contributed by atoms with Gasteiger partial charge >= 0.3 is 6.18 Å². The summed E-state index contributed by atoms with van der Waals surface area (Å²) < 4.78 is 69.0. The first-order valence-corrected chi connectivity index (χ1v) is 5.58. The van der Waals surface area contributed by atoms with Crippen LogP contribution >= 0.6 is 0 Å². The highest BCUT2D eigenvalue weighted by atomic mass is 19.4. The molecule has 0 saturated carbocycles. The van der Waals surface area contributed by atoms with Gasteiger partial charge in [0.05, 0.1) is 16.6 Å². The van der Waals surface area contributed by atoms with Gasteiger partial charge in [-0.3, -0.25) is 10.1 Å². The minimum absolute atomic E-state index is 0.0908. The molecule has 0 aliphatic carbocycles. The van der Waals surface area contributed by atoms with Crippen molar-refractivity contribution in [2.24, 2.45) is 0 Å². The summed E-state index contributed by atoms with van der Waals surface area (Å²) in [6, 6.07) is 5.30. The van der Waals surface area contributed by atoms with Crippen molar-refractivity contribution in [2.75, 3.05) is 0 Å². The fourth-order valence-electron chi connectivity index (χ4n) is 1.52. The van der Waals surface area contributed by atoms with Crippen molar-refractivity contribution < 1.29 is 31.6 Å². The van der Waals surface area contributed by atoms with Crippen molar-refractivity contribution in [1.29, 1.82) is 0 Å². The Morgan fingerprint density at radius 1 is 1.14 bits per heavy atom. The molecule has 22 heavy (non-hydrogen) atoms. The molecule has 0 heterocycles. The second-order valence-corrected chi connectivity index (χ2v) is 4.04. The van der Waals surface area contributed by atoms with E-state index in [0.717, 1.165) is 18.2 Å². The van der Waals surface area contributed by atoms with Gasteiger partial charge in [-0.05, 0) is 24.3 Å². The number of nitro benzene ring substituents is 1. The molecule has 2 aromatic rings. The molecular weight excluding hydrogens is 313 g/mol. The molecule has 9 heteroatoms. The molecule has 0 spiro atoms. The SMILES string of the molecule is O=[N+]([O-])c1[c]cc(Oc2c(F)cc(C(F)(F)F)cc2F)cc1. The monoisotopic (exact) mass is 318 g/mol. The van der Waals surface area contributed by atoms with Crippen LogP contribution in [0.25, 0.3) is 0 Å². The second kappa shape index (κ2) is 5.58. The Balaban J connectivity index is 2.32. The number of hydrogen-bond donors (Lipinski definition) is 0. The lowest BCUT2D eigenvalue weighted by atomic mass is 10.2. The van der Waals surface area contributed by atoms with E-state index in [2.05, 4.69) is 6.07 Å². The third-order valence-electron chi connectivity index (χ3n) is 2.51. The van der Waals surface area contributed by atoms with E-state index >= 15 is 0 Å². The Hall–Kier alpha value is -2.71. The molecule has 0 atom stereocenters. The normalized spacial score (nSPS) is 11.3. The molecule has 2 aromatic carbocycles. The van der Waals surface area contributed by atoms with E-state index in [9.17, 15) is 32.1 Å². The van der Waals surface area contributed by atoms with E-state index in [1.807, 2.05) is 0 Å². The molecule has 0 aliphatic rings. The predicted octanol–water partition coefficient (Wildman–Crippen LogP) is 4.48. The topological polar surface area (TPSA) is 52.4 Å². The minimum atomic E-state index is -4.90. The zero-order chi connectivity index (χ0) is 16.5. The highest BCUT2D eigenvalue weighted by molar-refractivity contribution is 5.39. The van der Waals surface area contributed by atoms with Gasteiger partial charge in [0.15, 0.2) is 17.4 Å². The van der Waals surface area contributed by atoms with Crippen LogP contribution in [0, 0.1) is 27.8 Å². The number of non-ortho nitro benzene ring substituents is 1. The van der Waals surface area contributed by atoms with Crippen molar-refractivity contribution in [3.05, 3.63) is 63.7 Å². The Morgan fingerprint density at radius 3 is 2.14 bits per heavy atom. The van der Waals surface area contributed by atoms with Gasteiger partial charge in [-0.1, -0.05) is 0 Å². The Kier molecular flexibility index (Phi) is 3.98. The summed E-state index contributed by atoms with van der Waals surface area (Å²) in [4.78, 5) is 9.67. The first kappa shape index (κ1) is 15.7. The van der Waals surface area contributed by atoms with E-state index in [-0.39, 0.29) is 17.9 Å². The molecule has 0 fully saturated rings. The van der Waals surface area contributed by atoms with Crippen molar-refractivity contribution in [3.63, 3.8) is 0 Å². The van der Waals surface area contributed by atoms with Crippen LogP contribution in [-0.4, -0.2) is 4.92 Å². The molecule has 0 amide bonds. The number of benzene rings is 2. The fourth-order valence-corrected chi connectivity index (χ4v) is 1.52. The maximum absolute atomic E-state index is 13.6. The number of hydrogen-bond acceptors (Lipinski definition) is 3. The molecule has 0 bridgehead atoms. The van der Waals surface area contributed by atoms with Crippen LogP contribution in [0.15, 0.2) is 30.3 Å². The number of halogens is 5. The molecular formula is C13H5F5NO3. The van der Waals surface area contributed by atoms with Gasteiger partial charge in [0.1, 0.15) is 5.75 Å². The minimum Gasteiger partial charge on any atom is -0.451 e. The van der Waals surface area contributed by atoms with Crippen LogP contribution in [0.4, 0.5) is 27.6 Å². The van der Waals surface area contributed by atoms with E-state index in [1.54, 1.807) is 0 Å². The van der Waals surface area contributed by atoms with E-state index in [0.29, 0.717) is 0 Å². The number of nitro groups is 1. The average Bonchev–Trinajstić information content (AvgIpc) is 2.42. The standard InChI is InChI=1S/C13H5F5NO3/c14-10-5-7(13(16,17)18)6-11(15)12(10)22-9-3-1-8(2-4-9)19(20)21/h1,3-6H. The highest BCUT2D eigenvalue weighted by Crippen LogP contribution is 2.35. The van der Waals surface area contributed by atoms with E-state index in [1.165, 1.54) is 0 Å². The zero-order valence-electron chi connectivity index (χ0n) is 10.4. The molecule has 4 nitrogen and oxygen atoms in total. The molecule has 0 saturated heterocycles. The first-order chi connectivity index (χ1) is 10.2. The van der Waals surface area contributed by atoms with Gasteiger partial charge in [-0.25, -0.2) is 8.78 Å². The maximum Gasteiger partial charge on any atom is 0.416 e. The molecule has 0 unspecified atom stereocenters. The summed E-state index contributed by atoms with van der Waals surface area (Å²) in [7, 11) is 0. The van der Waals surface area contributed by atoms with Gasteiger partial charge in [-0.2, -0.15) is 13.2 Å². The summed E-state index contributed by atoms with van der Waals surface area (Å²) >= 11 is 0. The lowest BCUT2D eigenvalue weighted by Crippen LogP contribution is -2.07. The zero-order valence-corrected chi connectivity index (χ0v) is 10.4. The van der Waals surface area contributed by atoms with Crippen molar-refractivity contribution in [1.82, 2.24) is 0 Å². The van der Waals surface area contributed by atoms with Crippen LogP contribution in [0.1, 0.15) is 5.56 Å². The van der Waals surface area contributed by atoms with E-state index in [4.69, 9.17) is 4.74 Å². The van der Waals surface area contributed by atoms with Gasteiger partial charge in [0.2, 0.25) is 0 Å². The molecule has 2 rings (SSSR count). The Labute approximate surface area is 119 Å². The molecule has 0 aliphatic heterocycles. The summed E-state index contributed by atoms with van der Waals surface area (Å²) in [5.41, 5.74) is -1.90. The number of nitrogens with zero attached hydrogens (tertiary/aromatic N) is 1. The van der Waals surface area contributed by atoms with Crippen LogP contribution < -0.4 is 4.74 Å². The third-order valence-corrected chi connectivity index (χ3v) is 2.51. The predicted molar refractivity (Wildman–Crippen MR) is 63.4 cm³/mol. The summed E-state index contributed by atoms with van der Waals surface area (Å²) in [6.07, 6.45) is -4.90. The van der Waals surface area contributed by atoms with Gasteiger partial charge in [0.25, 0.3) is 5.69 Å². The largest absolute Gasteiger partial charge is 0.451 e. The summed E-state index contributed by atoms with van der Waals surface area (Å²) in [5, 5.41) is 10.4. The lowest BCUT2D eigenvalue weighted by Gasteiger charge is -2.11. The molecule has 115 valence electrons. The Bertz CT molecular complexity index is 690. The van der Waals surface area contributed by atoms with Crippen molar-refractivity contribution >= 4 is 5.69 Å². The van der Waals surface area contributed by atoms with Crippen LogP contribution in [-0.2, 0) is 6.18 Å². The third kappa shape index (κ3) is 3.30. The smallest absolute Gasteiger partial charge is 0.416 e. The summed E-state index contributed by atoms with van der Waals surface area (Å²) in [6.45, 7) is 0. The van der Waals surface area contributed by atoms with E-state index < -0.39 is 39.7 Å². The van der Waals surface area contributed by atoms with Crippen molar-refractivity contribution in [3.8, 4) is 11.5 Å². The Morgan fingerprint density at radius 2 is 1.73 bits per heavy atom. The van der Waals surface area contributed by atoms with Crippen molar-refractivity contribution in [2.45, 2.75) is 6.18 Å². The van der Waals surface area contributed by atoms with Gasteiger partial charge in [0, 0.05) is 6.07 Å². The van der Waals surface area contributed by atoms with Gasteiger partial charge in [-0.15, -0.1) is 0 Å². The van der Waals surface area contributed by atoms with Crippen LogP contribution in [0.3, 0.4) is 0 Å². The number of alkyl halides is 3. The quantitative estimate of drug-likeness (QED) is 0.476. The van der Waals surface area contributed by atoms with Crippen LogP contribution in [0.2, 0.25) is 0 Å². The first-order valence-electron chi connectivity index (χ1n) is 5.58. The number of ether oxygens (including phenoxy) is 1. The second-order valence-electron chi connectivity index (χ2n) is 4.04. The number of rotatable bonds is 3. The maximum atomic E-state index is 13.6. The van der Waals surface area contributed by atoms with Crippen LogP contribution in [0.5, 0.6) is 11.5 Å². The summed E-state index contributed by atoms with van der Waals surface area (Å²) in [5.74, 6) is -4.37. The molecule has 0 aromatic heterocycles. The molecule has 0 N–H and O–H groups in total. The molecule has 1 radical (unpaired) electrons. The highest BCUT2D eigenvalue weighted by Gasteiger charge is 2.33. The lowest BCUT2D eigenvalue weighted by molar-refractivity contribution is -0.385. The fraction of sp³-hybridized carbons (Fsp3) is 0.0769.